The molecule has 0 bridgehead atoms. The molecule has 5 nitrogen and oxygen atoms in total. The Kier molecular flexibility index (Phi) is 5.38. The number of hydrogen-bond acceptors (Lipinski definition) is 3. The minimum Gasteiger partial charge on any atom is -0.497 e. The highest BCUT2D eigenvalue weighted by molar-refractivity contribution is 5.94. The Labute approximate surface area is 143 Å². The van der Waals surface area contributed by atoms with Gasteiger partial charge in [0.25, 0.3) is 5.91 Å². The van der Waals surface area contributed by atoms with Crippen LogP contribution in [0, 0.1) is 5.92 Å². The van der Waals surface area contributed by atoms with Gasteiger partial charge in [-0.25, -0.2) is 0 Å². The van der Waals surface area contributed by atoms with Gasteiger partial charge in [0.15, 0.2) is 0 Å². The normalized spacial score (nSPS) is 19.2. The van der Waals surface area contributed by atoms with Gasteiger partial charge in [-0.1, -0.05) is 0 Å². The zero-order chi connectivity index (χ0) is 16.9. The van der Waals surface area contributed by atoms with Gasteiger partial charge in [0.1, 0.15) is 5.75 Å². The van der Waals surface area contributed by atoms with E-state index in [1.807, 2.05) is 9.80 Å². The number of hydrogen-bond donors (Lipinski definition) is 0. The minimum atomic E-state index is 0.0431. The van der Waals surface area contributed by atoms with E-state index in [4.69, 9.17) is 4.74 Å². The lowest BCUT2D eigenvalue weighted by atomic mass is 9.94. The van der Waals surface area contributed by atoms with Crippen LogP contribution < -0.4 is 4.74 Å². The second-order valence-corrected chi connectivity index (χ2v) is 6.68. The van der Waals surface area contributed by atoms with Crippen molar-refractivity contribution in [3.05, 3.63) is 29.8 Å². The summed E-state index contributed by atoms with van der Waals surface area (Å²) in [5, 5.41) is 0. The van der Waals surface area contributed by atoms with Crippen LogP contribution in [0.5, 0.6) is 5.75 Å². The van der Waals surface area contributed by atoms with Crippen LogP contribution in [-0.2, 0) is 4.79 Å². The van der Waals surface area contributed by atoms with Gasteiger partial charge in [0.05, 0.1) is 7.11 Å². The highest BCUT2D eigenvalue weighted by atomic mass is 16.5. The third-order valence-electron chi connectivity index (χ3n) is 5.14. The molecule has 0 aliphatic carbocycles. The van der Waals surface area contributed by atoms with Crippen LogP contribution >= 0.6 is 0 Å². The summed E-state index contributed by atoms with van der Waals surface area (Å²) in [6.45, 7) is 3.14. The average molecular weight is 330 g/mol. The van der Waals surface area contributed by atoms with Gasteiger partial charge < -0.3 is 14.5 Å². The number of carbonyl (C=O) groups is 2. The van der Waals surface area contributed by atoms with E-state index in [1.165, 1.54) is 6.42 Å². The molecule has 2 aliphatic rings. The molecule has 0 N–H and O–H groups in total. The Morgan fingerprint density at radius 1 is 0.917 bits per heavy atom. The monoisotopic (exact) mass is 330 g/mol. The first-order valence-electron chi connectivity index (χ1n) is 8.91. The highest BCUT2D eigenvalue weighted by Gasteiger charge is 2.30. The van der Waals surface area contributed by atoms with Crippen LogP contribution in [0.4, 0.5) is 0 Å². The van der Waals surface area contributed by atoms with Crippen LogP contribution in [-0.4, -0.2) is 54.9 Å². The second kappa shape index (κ2) is 7.69. The molecule has 0 saturated carbocycles. The van der Waals surface area contributed by atoms with E-state index in [0.717, 1.165) is 44.5 Å². The maximum Gasteiger partial charge on any atom is 0.253 e. The van der Waals surface area contributed by atoms with Crippen molar-refractivity contribution >= 4 is 11.8 Å². The number of benzene rings is 1. The molecule has 2 fully saturated rings. The van der Waals surface area contributed by atoms with Crippen LogP contribution in [0.1, 0.15) is 42.5 Å². The Morgan fingerprint density at radius 2 is 1.54 bits per heavy atom. The van der Waals surface area contributed by atoms with Crippen LogP contribution in [0.25, 0.3) is 0 Å². The third kappa shape index (κ3) is 3.71. The van der Waals surface area contributed by atoms with Gasteiger partial charge in [-0.2, -0.15) is 0 Å². The topological polar surface area (TPSA) is 49.9 Å². The smallest absolute Gasteiger partial charge is 0.253 e. The SMILES string of the molecule is COc1ccc(C(=O)N2CCC(C(=O)N3CCCCC3)CC2)cc1. The maximum atomic E-state index is 12.6. The minimum absolute atomic E-state index is 0.0431. The molecule has 3 rings (SSSR count). The number of ether oxygens (including phenoxy) is 1. The number of piperidine rings is 2. The molecule has 0 aromatic heterocycles. The van der Waals surface area contributed by atoms with Crippen molar-refractivity contribution in [2.24, 2.45) is 5.92 Å². The summed E-state index contributed by atoms with van der Waals surface area (Å²) in [4.78, 5) is 29.0. The number of methoxy groups -OCH3 is 1. The lowest BCUT2D eigenvalue weighted by Gasteiger charge is -2.35. The summed E-state index contributed by atoms with van der Waals surface area (Å²) in [7, 11) is 1.61. The van der Waals surface area contributed by atoms with Gasteiger partial charge in [-0.3, -0.25) is 9.59 Å². The van der Waals surface area contributed by atoms with E-state index >= 15 is 0 Å². The van der Waals surface area contributed by atoms with Crippen molar-refractivity contribution in [2.45, 2.75) is 32.1 Å². The fourth-order valence-corrected chi connectivity index (χ4v) is 3.62. The first-order chi connectivity index (χ1) is 11.7. The predicted octanol–water partition coefficient (Wildman–Crippen LogP) is 2.56. The molecule has 2 saturated heterocycles. The number of likely N-dealkylation sites (tertiary alicyclic amines) is 2. The highest BCUT2D eigenvalue weighted by Crippen LogP contribution is 2.23. The van der Waals surface area contributed by atoms with E-state index in [0.29, 0.717) is 24.6 Å². The molecule has 0 unspecified atom stereocenters. The van der Waals surface area contributed by atoms with Crippen LogP contribution in [0.3, 0.4) is 0 Å². The van der Waals surface area contributed by atoms with Crippen molar-refractivity contribution < 1.29 is 14.3 Å². The van der Waals surface area contributed by atoms with Gasteiger partial charge in [0.2, 0.25) is 5.91 Å². The van der Waals surface area contributed by atoms with E-state index in [-0.39, 0.29) is 11.8 Å². The Morgan fingerprint density at radius 3 is 2.12 bits per heavy atom. The number of nitrogens with zero attached hydrogens (tertiary/aromatic N) is 2. The summed E-state index contributed by atoms with van der Waals surface area (Å²) >= 11 is 0. The Hall–Kier alpha value is -2.04. The van der Waals surface area contributed by atoms with E-state index in [9.17, 15) is 9.59 Å². The van der Waals surface area contributed by atoms with E-state index < -0.39 is 0 Å². The van der Waals surface area contributed by atoms with Crippen molar-refractivity contribution in [1.29, 1.82) is 0 Å². The van der Waals surface area contributed by atoms with Crippen molar-refractivity contribution in [1.82, 2.24) is 9.80 Å². The number of rotatable bonds is 3. The van der Waals surface area contributed by atoms with Gasteiger partial charge >= 0.3 is 0 Å². The average Bonchev–Trinajstić information content (AvgIpc) is 2.68. The Bertz CT molecular complexity index is 571. The number of amides is 2. The second-order valence-electron chi connectivity index (χ2n) is 6.68. The predicted molar refractivity (Wildman–Crippen MR) is 92.1 cm³/mol. The first-order valence-corrected chi connectivity index (χ1v) is 8.91. The quantitative estimate of drug-likeness (QED) is 0.856. The molecule has 2 amide bonds. The molecule has 0 atom stereocenters. The fraction of sp³-hybridized carbons (Fsp3) is 0.579. The molecule has 130 valence electrons. The third-order valence-corrected chi connectivity index (χ3v) is 5.14. The lowest BCUT2D eigenvalue weighted by Crippen LogP contribution is -2.45. The molecule has 1 aromatic rings. The summed E-state index contributed by atoms with van der Waals surface area (Å²) in [5.74, 6) is 1.17. The molecule has 0 radical (unpaired) electrons. The van der Waals surface area contributed by atoms with Crippen molar-refractivity contribution in [3.8, 4) is 5.75 Å². The Balaban J connectivity index is 1.54. The molecular weight excluding hydrogens is 304 g/mol. The summed E-state index contributed by atoms with van der Waals surface area (Å²) in [6, 6.07) is 7.21. The van der Waals surface area contributed by atoms with Crippen LogP contribution in [0.2, 0.25) is 0 Å². The molecule has 0 spiro atoms. The number of carbonyl (C=O) groups excluding carboxylic acids is 2. The van der Waals surface area contributed by atoms with E-state index in [2.05, 4.69) is 0 Å². The zero-order valence-corrected chi connectivity index (χ0v) is 14.4. The lowest BCUT2D eigenvalue weighted by molar-refractivity contribution is -0.137. The molecule has 1 aromatic carbocycles. The first kappa shape index (κ1) is 16.8. The van der Waals surface area contributed by atoms with Gasteiger partial charge in [0, 0.05) is 37.7 Å². The van der Waals surface area contributed by atoms with Gasteiger partial charge in [-0.05, 0) is 56.4 Å². The standard InChI is InChI=1S/C19H26N2O3/c1-24-17-7-5-15(6-8-17)18(22)21-13-9-16(10-14-21)19(23)20-11-3-2-4-12-20/h5-8,16H,2-4,9-14H2,1H3. The molecule has 5 heteroatoms. The molecule has 2 aliphatic heterocycles. The van der Waals surface area contributed by atoms with Crippen molar-refractivity contribution in [3.63, 3.8) is 0 Å². The molecule has 2 heterocycles. The van der Waals surface area contributed by atoms with Crippen molar-refractivity contribution in [2.75, 3.05) is 33.3 Å². The van der Waals surface area contributed by atoms with E-state index in [1.54, 1.807) is 31.4 Å². The molecule has 24 heavy (non-hydrogen) atoms. The zero-order valence-electron chi connectivity index (χ0n) is 14.4. The largest absolute Gasteiger partial charge is 0.497 e. The summed E-state index contributed by atoms with van der Waals surface area (Å²) < 4.78 is 5.13. The van der Waals surface area contributed by atoms with Crippen LogP contribution in [0.15, 0.2) is 24.3 Å². The summed E-state index contributed by atoms with van der Waals surface area (Å²) in [5.41, 5.74) is 0.677. The molecular formula is C19H26N2O3. The van der Waals surface area contributed by atoms with Gasteiger partial charge in [-0.15, -0.1) is 0 Å². The maximum absolute atomic E-state index is 12.6. The summed E-state index contributed by atoms with van der Waals surface area (Å²) in [6.07, 6.45) is 5.04. The fourth-order valence-electron chi connectivity index (χ4n) is 3.62.